The molecule has 0 radical (unpaired) electrons. The van der Waals surface area contributed by atoms with Gasteiger partial charge in [-0.2, -0.15) is 0 Å². The van der Waals surface area contributed by atoms with Gasteiger partial charge in [0.15, 0.2) is 5.13 Å². The molecule has 2 aromatic heterocycles. The van der Waals surface area contributed by atoms with E-state index in [0.717, 1.165) is 28.3 Å². The average molecular weight is 351 g/mol. The Morgan fingerprint density at radius 1 is 1.28 bits per heavy atom. The predicted octanol–water partition coefficient (Wildman–Crippen LogP) is 4.17. The van der Waals surface area contributed by atoms with Gasteiger partial charge in [0.1, 0.15) is 5.75 Å². The van der Waals surface area contributed by atoms with Gasteiger partial charge in [-0.3, -0.25) is 15.1 Å². The summed E-state index contributed by atoms with van der Waals surface area (Å²) in [6.07, 6.45) is 4.78. The van der Waals surface area contributed by atoms with Crippen molar-refractivity contribution in [2.45, 2.75) is 6.92 Å². The second-order valence-corrected chi connectivity index (χ2v) is 6.18. The van der Waals surface area contributed by atoms with Crippen molar-refractivity contribution in [3.05, 3.63) is 65.3 Å². The Morgan fingerprint density at radius 3 is 2.92 bits per heavy atom. The number of nitrogens with one attached hydrogen (secondary N) is 1. The van der Waals surface area contributed by atoms with Gasteiger partial charge >= 0.3 is 0 Å². The molecule has 0 fully saturated rings. The molecule has 5 nitrogen and oxygen atoms in total. The molecule has 25 heavy (non-hydrogen) atoms. The number of anilines is 1. The number of rotatable bonds is 5. The highest BCUT2D eigenvalue weighted by molar-refractivity contribution is 7.14. The van der Waals surface area contributed by atoms with E-state index in [0.29, 0.717) is 5.13 Å². The summed E-state index contributed by atoms with van der Waals surface area (Å²) in [5.41, 5.74) is 3.52. The van der Waals surface area contributed by atoms with Crippen molar-refractivity contribution in [3.63, 3.8) is 0 Å². The number of thiazole rings is 1. The summed E-state index contributed by atoms with van der Waals surface area (Å²) in [5, 5.41) is 5.20. The molecule has 1 amide bonds. The summed E-state index contributed by atoms with van der Waals surface area (Å²) in [5.74, 6) is 0.506. The van der Waals surface area contributed by atoms with Crippen LogP contribution in [0.5, 0.6) is 5.75 Å². The van der Waals surface area contributed by atoms with Crippen LogP contribution in [0.1, 0.15) is 11.3 Å². The van der Waals surface area contributed by atoms with Gasteiger partial charge < -0.3 is 4.74 Å². The summed E-state index contributed by atoms with van der Waals surface area (Å²) in [6.45, 7) is 2.01. The van der Waals surface area contributed by atoms with Gasteiger partial charge in [0.05, 0.1) is 18.5 Å². The highest BCUT2D eigenvalue weighted by Crippen LogP contribution is 2.32. The van der Waals surface area contributed by atoms with Gasteiger partial charge in [0.2, 0.25) is 5.91 Å². The second-order valence-electron chi connectivity index (χ2n) is 5.32. The third kappa shape index (κ3) is 4.30. The summed E-state index contributed by atoms with van der Waals surface area (Å²) in [6, 6.07) is 11.4. The van der Waals surface area contributed by atoms with Crippen molar-refractivity contribution >= 4 is 28.5 Å². The largest absolute Gasteiger partial charge is 0.496 e. The number of aromatic nitrogens is 2. The number of pyridine rings is 1. The van der Waals surface area contributed by atoms with Crippen molar-refractivity contribution in [3.8, 4) is 17.0 Å². The summed E-state index contributed by atoms with van der Waals surface area (Å²) in [4.78, 5) is 20.6. The lowest BCUT2D eigenvalue weighted by Gasteiger charge is -2.07. The first-order chi connectivity index (χ1) is 12.2. The van der Waals surface area contributed by atoms with E-state index >= 15 is 0 Å². The maximum atomic E-state index is 12.0. The number of nitrogens with zero attached hydrogens (tertiary/aromatic N) is 2. The van der Waals surface area contributed by atoms with E-state index < -0.39 is 0 Å². The number of hydrogen-bond acceptors (Lipinski definition) is 5. The van der Waals surface area contributed by atoms with Crippen LogP contribution in [0.3, 0.4) is 0 Å². The molecule has 1 aromatic carbocycles. The molecule has 0 spiro atoms. The summed E-state index contributed by atoms with van der Waals surface area (Å²) < 4.78 is 5.39. The van der Waals surface area contributed by atoms with E-state index in [4.69, 9.17) is 4.74 Å². The van der Waals surface area contributed by atoms with Crippen LogP contribution in [-0.2, 0) is 4.79 Å². The molecule has 0 aliphatic heterocycles. The fourth-order valence-corrected chi connectivity index (χ4v) is 2.97. The summed E-state index contributed by atoms with van der Waals surface area (Å²) in [7, 11) is 1.63. The Kier molecular flexibility index (Phi) is 5.20. The zero-order valence-corrected chi connectivity index (χ0v) is 14.7. The topological polar surface area (TPSA) is 64.1 Å². The molecular weight excluding hydrogens is 334 g/mol. The number of aryl methyl sites for hydroxylation is 1. The van der Waals surface area contributed by atoms with Gasteiger partial charge in [-0.25, -0.2) is 4.98 Å². The van der Waals surface area contributed by atoms with Crippen LogP contribution >= 0.6 is 11.3 Å². The lowest BCUT2D eigenvalue weighted by Crippen LogP contribution is -2.07. The normalized spacial score (nSPS) is 10.8. The van der Waals surface area contributed by atoms with Crippen molar-refractivity contribution in [1.29, 1.82) is 0 Å². The molecule has 2 heterocycles. The van der Waals surface area contributed by atoms with E-state index in [1.807, 2.05) is 48.7 Å². The van der Waals surface area contributed by atoms with Crippen LogP contribution in [0.15, 0.2) is 54.1 Å². The van der Waals surface area contributed by atoms with E-state index in [-0.39, 0.29) is 5.91 Å². The molecule has 0 atom stereocenters. The Labute approximate surface area is 150 Å². The first-order valence-electron chi connectivity index (χ1n) is 7.66. The van der Waals surface area contributed by atoms with E-state index in [1.165, 1.54) is 17.4 Å². The van der Waals surface area contributed by atoms with Crippen LogP contribution in [0.4, 0.5) is 5.13 Å². The molecule has 0 saturated carbocycles. The molecule has 0 aliphatic rings. The third-order valence-corrected chi connectivity index (χ3v) is 4.22. The predicted molar refractivity (Wildman–Crippen MR) is 101 cm³/mol. The van der Waals surface area contributed by atoms with Gasteiger partial charge in [-0.15, -0.1) is 11.3 Å². The molecule has 1 N–H and O–H groups in total. The summed E-state index contributed by atoms with van der Waals surface area (Å²) >= 11 is 1.37. The highest BCUT2D eigenvalue weighted by atomic mass is 32.1. The van der Waals surface area contributed by atoms with Crippen LogP contribution in [0.25, 0.3) is 17.3 Å². The monoisotopic (exact) mass is 351 g/mol. The van der Waals surface area contributed by atoms with E-state index in [1.54, 1.807) is 19.4 Å². The smallest absolute Gasteiger partial charge is 0.250 e. The van der Waals surface area contributed by atoms with Crippen LogP contribution in [0, 0.1) is 6.92 Å². The third-order valence-electron chi connectivity index (χ3n) is 3.46. The minimum atomic E-state index is -0.247. The second kappa shape index (κ2) is 7.72. The van der Waals surface area contributed by atoms with Crippen molar-refractivity contribution in [2.75, 3.05) is 12.4 Å². The molecule has 0 bridgehead atoms. The van der Waals surface area contributed by atoms with Gasteiger partial charge in [0, 0.05) is 23.2 Å². The van der Waals surface area contributed by atoms with Gasteiger partial charge in [-0.1, -0.05) is 17.7 Å². The maximum absolute atomic E-state index is 12.0. The first kappa shape index (κ1) is 16.9. The zero-order valence-electron chi connectivity index (χ0n) is 13.9. The molecule has 0 saturated heterocycles. The van der Waals surface area contributed by atoms with Gasteiger partial charge in [0.25, 0.3) is 0 Å². The standard InChI is InChI=1S/C19H17N3O2S/c1-13-6-8-17(24-2)15(11-13)16-12-25-19(21-16)22-18(23)9-7-14-5-3-4-10-20-14/h3-12H,1-2H3,(H,21,22,23)/b9-7+. The average Bonchev–Trinajstić information content (AvgIpc) is 3.09. The Hall–Kier alpha value is -2.99. The molecule has 126 valence electrons. The fourth-order valence-electron chi connectivity index (χ4n) is 2.26. The van der Waals surface area contributed by atoms with Crippen molar-refractivity contribution in [1.82, 2.24) is 9.97 Å². The van der Waals surface area contributed by atoms with E-state index in [2.05, 4.69) is 15.3 Å². The molecule has 3 aromatic rings. The number of amides is 1. The van der Waals surface area contributed by atoms with Crippen LogP contribution in [0.2, 0.25) is 0 Å². The fraction of sp³-hybridized carbons (Fsp3) is 0.105. The molecule has 6 heteroatoms. The lowest BCUT2D eigenvalue weighted by molar-refractivity contribution is -0.111. The van der Waals surface area contributed by atoms with Crippen molar-refractivity contribution in [2.24, 2.45) is 0 Å². The number of hydrogen-bond donors (Lipinski definition) is 1. The Bertz CT molecular complexity index is 904. The Morgan fingerprint density at radius 2 is 2.16 bits per heavy atom. The molecule has 3 rings (SSSR count). The number of carbonyl (C=O) groups excluding carboxylic acids is 1. The number of ether oxygens (including phenoxy) is 1. The maximum Gasteiger partial charge on any atom is 0.250 e. The van der Waals surface area contributed by atoms with Crippen molar-refractivity contribution < 1.29 is 9.53 Å². The van der Waals surface area contributed by atoms with E-state index in [9.17, 15) is 4.79 Å². The highest BCUT2D eigenvalue weighted by Gasteiger charge is 2.11. The quantitative estimate of drug-likeness (QED) is 0.701. The number of benzene rings is 1. The zero-order chi connectivity index (χ0) is 17.6. The minimum Gasteiger partial charge on any atom is -0.496 e. The number of methoxy groups -OCH3 is 1. The molecular formula is C19H17N3O2S. The Balaban J connectivity index is 1.73. The lowest BCUT2D eigenvalue weighted by atomic mass is 10.1. The SMILES string of the molecule is COc1ccc(C)cc1-c1csc(NC(=O)/C=C/c2ccccn2)n1. The van der Waals surface area contributed by atoms with Crippen LogP contribution < -0.4 is 10.1 Å². The van der Waals surface area contributed by atoms with Crippen LogP contribution in [-0.4, -0.2) is 23.0 Å². The first-order valence-corrected chi connectivity index (χ1v) is 8.54. The number of carbonyl (C=O) groups is 1. The minimum absolute atomic E-state index is 0.247. The molecule has 0 aliphatic carbocycles. The molecule has 0 unspecified atom stereocenters. The van der Waals surface area contributed by atoms with Gasteiger partial charge in [-0.05, 0) is 37.3 Å².